The highest BCUT2D eigenvalue weighted by Crippen LogP contribution is 2.13. The Labute approximate surface area is 109 Å². The summed E-state index contributed by atoms with van der Waals surface area (Å²) in [4.78, 5) is 15.6. The zero-order chi connectivity index (χ0) is 13.1. The summed E-state index contributed by atoms with van der Waals surface area (Å²) < 4.78 is 0. The zero-order valence-electron chi connectivity index (χ0n) is 11.3. The van der Waals surface area contributed by atoms with Crippen LogP contribution in [0.2, 0.25) is 0 Å². The van der Waals surface area contributed by atoms with Gasteiger partial charge >= 0.3 is 0 Å². The summed E-state index contributed by atoms with van der Waals surface area (Å²) in [6.07, 6.45) is 0.908. The molecule has 1 fully saturated rings. The average molecular weight is 247 g/mol. The molecule has 2 rings (SSSR count). The lowest BCUT2D eigenvalue weighted by Crippen LogP contribution is -2.36. The van der Waals surface area contributed by atoms with Gasteiger partial charge < -0.3 is 15.1 Å². The molecule has 4 nitrogen and oxygen atoms in total. The smallest absolute Gasteiger partial charge is 0.239 e. The maximum absolute atomic E-state index is 11.7. The molecule has 0 aromatic heterocycles. The van der Waals surface area contributed by atoms with E-state index in [0.29, 0.717) is 0 Å². The molecule has 0 spiro atoms. The van der Waals surface area contributed by atoms with Gasteiger partial charge in [0.2, 0.25) is 5.91 Å². The first-order chi connectivity index (χ1) is 8.58. The van der Waals surface area contributed by atoms with Crippen molar-refractivity contribution >= 4 is 11.6 Å². The minimum absolute atomic E-state index is 0.0106. The average Bonchev–Trinajstić information content (AvgIpc) is 2.68. The van der Waals surface area contributed by atoms with Crippen LogP contribution in [-0.2, 0) is 11.3 Å². The Kier molecular flexibility index (Phi) is 3.87. The first-order valence-corrected chi connectivity index (χ1v) is 6.32. The van der Waals surface area contributed by atoms with Crippen molar-refractivity contribution in [3.8, 4) is 0 Å². The highest BCUT2D eigenvalue weighted by atomic mass is 16.2. The number of carbonyl (C=O) groups excluding carboxylic acids is 1. The monoisotopic (exact) mass is 247 g/mol. The molecule has 18 heavy (non-hydrogen) atoms. The Hall–Kier alpha value is -1.55. The molecule has 1 unspecified atom stereocenters. The van der Waals surface area contributed by atoms with Crippen LogP contribution >= 0.6 is 0 Å². The number of rotatable bonds is 4. The fraction of sp³-hybridized carbons (Fsp3) is 0.500. The SMILES string of the molecule is CN1CCC(NCc2ccc(N(C)C)cc2)C1=O. The Morgan fingerprint density at radius 1 is 1.33 bits per heavy atom. The fourth-order valence-corrected chi connectivity index (χ4v) is 2.16. The van der Waals surface area contributed by atoms with Crippen molar-refractivity contribution in [2.24, 2.45) is 0 Å². The van der Waals surface area contributed by atoms with Gasteiger partial charge in [0, 0.05) is 39.9 Å². The van der Waals surface area contributed by atoms with Crippen molar-refractivity contribution in [3.63, 3.8) is 0 Å². The Morgan fingerprint density at radius 2 is 2.00 bits per heavy atom. The minimum Gasteiger partial charge on any atom is -0.378 e. The van der Waals surface area contributed by atoms with Crippen molar-refractivity contribution in [1.82, 2.24) is 10.2 Å². The maximum atomic E-state index is 11.7. The Balaban J connectivity index is 1.89. The summed E-state index contributed by atoms with van der Waals surface area (Å²) in [6.45, 7) is 1.61. The number of benzene rings is 1. The van der Waals surface area contributed by atoms with E-state index < -0.39 is 0 Å². The lowest BCUT2D eigenvalue weighted by molar-refractivity contribution is -0.128. The molecule has 0 bridgehead atoms. The molecule has 0 saturated carbocycles. The van der Waals surface area contributed by atoms with E-state index in [4.69, 9.17) is 0 Å². The third-order valence-electron chi connectivity index (χ3n) is 3.43. The second-order valence-corrected chi connectivity index (χ2v) is 5.04. The van der Waals surface area contributed by atoms with Crippen LogP contribution in [0.15, 0.2) is 24.3 Å². The summed E-state index contributed by atoms with van der Waals surface area (Å²) in [7, 11) is 5.91. The summed E-state index contributed by atoms with van der Waals surface area (Å²) in [6, 6.07) is 8.39. The van der Waals surface area contributed by atoms with Crippen LogP contribution < -0.4 is 10.2 Å². The summed E-state index contributed by atoms with van der Waals surface area (Å²) >= 11 is 0. The van der Waals surface area contributed by atoms with Gasteiger partial charge in [-0.05, 0) is 24.1 Å². The van der Waals surface area contributed by atoms with Crippen molar-refractivity contribution in [2.75, 3.05) is 32.6 Å². The van der Waals surface area contributed by atoms with Gasteiger partial charge in [0.15, 0.2) is 0 Å². The van der Waals surface area contributed by atoms with E-state index >= 15 is 0 Å². The topological polar surface area (TPSA) is 35.6 Å². The van der Waals surface area contributed by atoms with Crippen LogP contribution in [0.1, 0.15) is 12.0 Å². The van der Waals surface area contributed by atoms with Crippen LogP contribution in [-0.4, -0.2) is 44.5 Å². The van der Waals surface area contributed by atoms with Gasteiger partial charge in [0.25, 0.3) is 0 Å². The number of anilines is 1. The second kappa shape index (κ2) is 5.40. The molecule has 1 atom stereocenters. The summed E-state index contributed by atoms with van der Waals surface area (Å²) in [5, 5.41) is 3.32. The van der Waals surface area contributed by atoms with E-state index in [1.807, 2.05) is 21.1 Å². The number of likely N-dealkylation sites (N-methyl/N-ethyl adjacent to an activating group) is 1. The highest BCUT2D eigenvalue weighted by Gasteiger charge is 2.28. The van der Waals surface area contributed by atoms with Gasteiger partial charge in [0.1, 0.15) is 0 Å². The van der Waals surface area contributed by atoms with Crippen molar-refractivity contribution in [3.05, 3.63) is 29.8 Å². The van der Waals surface area contributed by atoms with Gasteiger partial charge in [-0.15, -0.1) is 0 Å². The molecule has 1 saturated heterocycles. The molecule has 1 aliphatic heterocycles. The number of likely N-dealkylation sites (tertiary alicyclic amines) is 1. The van der Waals surface area contributed by atoms with Crippen molar-refractivity contribution < 1.29 is 4.79 Å². The van der Waals surface area contributed by atoms with E-state index in [0.717, 1.165) is 19.5 Å². The van der Waals surface area contributed by atoms with Crippen LogP contribution in [0, 0.1) is 0 Å². The van der Waals surface area contributed by atoms with E-state index in [1.165, 1.54) is 11.3 Å². The quantitative estimate of drug-likeness (QED) is 0.864. The molecule has 1 heterocycles. The van der Waals surface area contributed by atoms with Crippen LogP contribution in [0.3, 0.4) is 0 Å². The molecule has 1 aromatic carbocycles. The Bertz CT molecular complexity index is 414. The number of nitrogens with zero attached hydrogens (tertiary/aromatic N) is 2. The molecule has 1 N–H and O–H groups in total. The first-order valence-electron chi connectivity index (χ1n) is 6.32. The molecule has 4 heteroatoms. The molecule has 98 valence electrons. The standard InChI is InChI=1S/C14H21N3O/c1-16(2)12-6-4-11(5-7-12)10-15-13-8-9-17(3)14(13)18/h4-7,13,15H,8-10H2,1-3H3. The van der Waals surface area contributed by atoms with E-state index in [1.54, 1.807) is 4.90 Å². The number of nitrogens with one attached hydrogen (secondary N) is 1. The zero-order valence-corrected chi connectivity index (χ0v) is 11.3. The van der Waals surface area contributed by atoms with E-state index in [9.17, 15) is 4.79 Å². The second-order valence-electron chi connectivity index (χ2n) is 5.04. The fourth-order valence-electron chi connectivity index (χ4n) is 2.16. The molecule has 1 aromatic rings. The summed E-state index contributed by atoms with van der Waals surface area (Å²) in [5.74, 6) is 0.208. The highest BCUT2D eigenvalue weighted by molar-refractivity contribution is 5.83. The number of carbonyl (C=O) groups is 1. The molecular weight excluding hydrogens is 226 g/mol. The van der Waals surface area contributed by atoms with Crippen molar-refractivity contribution in [2.45, 2.75) is 19.0 Å². The van der Waals surface area contributed by atoms with Crippen molar-refractivity contribution in [1.29, 1.82) is 0 Å². The lowest BCUT2D eigenvalue weighted by Gasteiger charge is -2.14. The normalized spacial score (nSPS) is 19.4. The maximum Gasteiger partial charge on any atom is 0.239 e. The number of hydrogen-bond donors (Lipinski definition) is 1. The van der Waals surface area contributed by atoms with E-state index in [-0.39, 0.29) is 11.9 Å². The van der Waals surface area contributed by atoms with Gasteiger partial charge in [-0.2, -0.15) is 0 Å². The molecular formula is C14H21N3O. The Morgan fingerprint density at radius 3 is 2.50 bits per heavy atom. The summed E-state index contributed by atoms with van der Waals surface area (Å²) in [5.41, 5.74) is 2.40. The van der Waals surface area contributed by atoms with Gasteiger partial charge in [-0.25, -0.2) is 0 Å². The molecule has 1 amide bonds. The molecule has 0 aliphatic carbocycles. The van der Waals surface area contributed by atoms with Gasteiger partial charge in [0.05, 0.1) is 6.04 Å². The van der Waals surface area contributed by atoms with Crippen LogP contribution in [0.5, 0.6) is 0 Å². The molecule has 1 aliphatic rings. The van der Waals surface area contributed by atoms with Gasteiger partial charge in [-0.3, -0.25) is 4.79 Å². The first kappa shape index (κ1) is 12.9. The number of hydrogen-bond acceptors (Lipinski definition) is 3. The van der Waals surface area contributed by atoms with Crippen LogP contribution in [0.25, 0.3) is 0 Å². The minimum atomic E-state index is -0.0106. The predicted octanol–water partition coefficient (Wildman–Crippen LogP) is 1.07. The third-order valence-corrected chi connectivity index (χ3v) is 3.43. The van der Waals surface area contributed by atoms with Crippen LogP contribution in [0.4, 0.5) is 5.69 Å². The largest absolute Gasteiger partial charge is 0.378 e. The van der Waals surface area contributed by atoms with Gasteiger partial charge in [-0.1, -0.05) is 12.1 Å². The third kappa shape index (κ3) is 2.82. The predicted molar refractivity (Wildman–Crippen MR) is 73.7 cm³/mol. The molecule has 0 radical (unpaired) electrons. The lowest BCUT2D eigenvalue weighted by atomic mass is 10.1. The number of amides is 1. The van der Waals surface area contributed by atoms with E-state index in [2.05, 4.69) is 34.5 Å².